The molecule has 0 fully saturated rings. The first-order valence-corrected chi connectivity index (χ1v) is 5.94. The molecule has 0 aromatic heterocycles. The summed E-state index contributed by atoms with van der Waals surface area (Å²) in [4.78, 5) is 0. The van der Waals surface area contributed by atoms with Crippen LogP contribution in [-0.4, -0.2) is 35.1 Å². The maximum atomic E-state index is 9.16. The van der Waals surface area contributed by atoms with Crippen LogP contribution in [0.5, 0.6) is 0 Å². The summed E-state index contributed by atoms with van der Waals surface area (Å²) in [6.07, 6.45) is 5.17. The predicted octanol–water partition coefficient (Wildman–Crippen LogP) is 2.11. The van der Waals surface area contributed by atoms with E-state index in [9.17, 15) is 0 Å². The molecule has 0 saturated carbocycles. The molecule has 0 rings (SSSR count). The first-order valence-electron chi connectivity index (χ1n) is 5.94. The Morgan fingerprint density at radius 3 is 2.40 bits per heavy atom. The van der Waals surface area contributed by atoms with Gasteiger partial charge >= 0.3 is 0 Å². The number of rotatable bonds is 9. The molecule has 0 bridgehead atoms. The highest BCUT2D eigenvalue weighted by atomic mass is 16.5. The topological polar surface area (TPSA) is 49.7 Å². The Morgan fingerprint density at radius 2 is 1.87 bits per heavy atom. The highest BCUT2D eigenvalue weighted by Gasteiger charge is 2.19. The quantitative estimate of drug-likeness (QED) is 0.583. The van der Waals surface area contributed by atoms with Gasteiger partial charge in [0.1, 0.15) is 6.10 Å². The van der Waals surface area contributed by atoms with Gasteiger partial charge < -0.3 is 14.9 Å². The van der Waals surface area contributed by atoms with E-state index >= 15 is 0 Å². The fourth-order valence-electron chi connectivity index (χ4n) is 1.42. The van der Waals surface area contributed by atoms with E-state index in [1.165, 1.54) is 19.3 Å². The van der Waals surface area contributed by atoms with Gasteiger partial charge in [0.2, 0.25) is 0 Å². The van der Waals surface area contributed by atoms with Crippen molar-refractivity contribution in [2.75, 3.05) is 13.2 Å². The first-order chi connectivity index (χ1) is 7.02. The number of unbranched alkanes of at least 4 members (excludes halogenated alkanes) is 3. The zero-order chi connectivity index (χ0) is 11.7. The van der Waals surface area contributed by atoms with Crippen LogP contribution in [0.25, 0.3) is 0 Å². The highest BCUT2D eigenvalue weighted by molar-refractivity contribution is 4.69. The standard InChI is InChI=1S/C12H26O3/c1-4-5-6-7-8-12(2,3)15-10-11(14)9-13/h11,13-14H,4-10H2,1-3H3. The van der Waals surface area contributed by atoms with E-state index in [1.807, 2.05) is 13.8 Å². The number of aliphatic hydroxyl groups excluding tert-OH is 2. The van der Waals surface area contributed by atoms with Gasteiger partial charge in [-0.05, 0) is 20.3 Å². The van der Waals surface area contributed by atoms with E-state index in [0.717, 1.165) is 12.8 Å². The van der Waals surface area contributed by atoms with Gasteiger partial charge in [-0.25, -0.2) is 0 Å². The second kappa shape index (κ2) is 8.08. The van der Waals surface area contributed by atoms with Crippen molar-refractivity contribution in [1.29, 1.82) is 0 Å². The molecule has 0 aliphatic rings. The molecule has 15 heavy (non-hydrogen) atoms. The van der Waals surface area contributed by atoms with Crippen LogP contribution >= 0.6 is 0 Å². The van der Waals surface area contributed by atoms with Crippen LogP contribution < -0.4 is 0 Å². The molecule has 0 spiro atoms. The van der Waals surface area contributed by atoms with E-state index < -0.39 is 6.10 Å². The van der Waals surface area contributed by atoms with E-state index in [2.05, 4.69) is 6.92 Å². The van der Waals surface area contributed by atoms with Gasteiger partial charge in [0.25, 0.3) is 0 Å². The van der Waals surface area contributed by atoms with Gasteiger partial charge in [0.15, 0.2) is 0 Å². The number of hydrogen-bond acceptors (Lipinski definition) is 3. The van der Waals surface area contributed by atoms with Gasteiger partial charge in [-0.1, -0.05) is 32.6 Å². The summed E-state index contributed by atoms with van der Waals surface area (Å²) in [7, 11) is 0. The largest absolute Gasteiger partial charge is 0.394 e. The molecule has 0 aliphatic carbocycles. The Morgan fingerprint density at radius 1 is 1.20 bits per heavy atom. The van der Waals surface area contributed by atoms with Crippen molar-refractivity contribution in [2.45, 2.75) is 64.6 Å². The summed E-state index contributed by atoms with van der Waals surface area (Å²) in [6, 6.07) is 0. The Bertz CT molecular complexity index is 146. The van der Waals surface area contributed by atoms with Gasteiger partial charge in [0.05, 0.1) is 18.8 Å². The second-order valence-electron chi connectivity index (χ2n) is 4.72. The number of hydrogen-bond donors (Lipinski definition) is 2. The Hall–Kier alpha value is -0.120. The van der Waals surface area contributed by atoms with Gasteiger partial charge in [-0.3, -0.25) is 0 Å². The van der Waals surface area contributed by atoms with Crippen molar-refractivity contribution in [1.82, 2.24) is 0 Å². The van der Waals surface area contributed by atoms with Crippen LogP contribution in [0, 0.1) is 0 Å². The zero-order valence-corrected chi connectivity index (χ0v) is 10.3. The van der Waals surface area contributed by atoms with Crippen molar-refractivity contribution in [3.8, 4) is 0 Å². The summed E-state index contributed by atoms with van der Waals surface area (Å²) in [6.45, 7) is 6.24. The molecular weight excluding hydrogens is 192 g/mol. The molecule has 0 aliphatic heterocycles. The molecular formula is C12H26O3. The SMILES string of the molecule is CCCCCCC(C)(C)OCC(O)CO. The number of aliphatic hydroxyl groups is 2. The lowest BCUT2D eigenvalue weighted by molar-refractivity contribution is -0.0748. The normalized spacial score (nSPS) is 14.2. The van der Waals surface area contributed by atoms with Gasteiger partial charge in [-0.15, -0.1) is 0 Å². The van der Waals surface area contributed by atoms with Gasteiger partial charge in [0, 0.05) is 0 Å². The summed E-state index contributed by atoms with van der Waals surface area (Å²) in [5, 5.41) is 17.8. The lowest BCUT2D eigenvalue weighted by Gasteiger charge is -2.26. The minimum Gasteiger partial charge on any atom is -0.394 e. The van der Waals surface area contributed by atoms with E-state index in [-0.39, 0.29) is 18.8 Å². The minimum absolute atomic E-state index is 0.191. The molecule has 92 valence electrons. The van der Waals surface area contributed by atoms with Crippen molar-refractivity contribution in [2.24, 2.45) is 0 Å². The lowest BCUT2D eigenvalue weighted by atomic mass is 10.00. The Labute approximate surface area is 93.5 Å². The predicted molar refractivity (Wildman–Crippen MR) is 61.9 cm³/mol. The third kappa shape index (κ3) is 8.85. The van der Waals surface area contributed by atoms with Crippen molar-refractivity contribution in [3.05, 3.63) is 0 Å². The molecule has 0 saturated heterocycles. The van der Waals surface area contributed by atoms with Crippen LogP contribution in [0.1, 0.15) is 52.9 Å². The summed E-state index contributed by atoms with van der Waals surface area (Å²) < 4.78 is 5.55. The molecule has 0 aromatic carbocycles. The van der Waals surface area contributed by atoms with Crippen LogP contribution in [-0.2, 0) is 4.74 Å². The van der Waals surface area contributed by atoms with E-state index in [4.69, 9.17) is 14.9 Å². The second-order valence-corrected chi connectivity index (χ2v) is 4.72. The molecule has 0 radical (unpaired) electrons. The third-order valence-electron chi connectivity index (χ3n) is 2.51. The van der Waals surface area contributed by atoms with Crippen LogP contribution in [0.2, 0.25) is 0 Å². The molecule has 0 amide bonds. The molecule has 0 heterocycles. The maximum Gasteiger partial charge on any atom is 0.100 e. The fourth-order valence-corrected chi connectivity index (χ4v) is 1.42. The lowest BCUT2D eigenvalue weighted by Crippen LogP contribution is -2.30. The molecule has 0 aromatic rings. The van der Waals surface area contributed by atoms with Crippen LogP contribution in [0.3, 0.4) is 0 Å². The highest BCUT2D eigenvalue weighted by Crippen LogP contribution is 2.19. The molecule has 1 unspecified atom stereocenters. The summed E-state index contributed by atoms with van der Waals surface area (Å²) in [5.74, 6) is 0. The monoisotopic (exact) mass is 218 g/mol. The molecule has 3 nitrogen and oxygen atoms in total. The van der Waals surface area contributed by atoms with E-state index in [1.54, 1.807) is 0 Å². The van der Waals surface area contributed by atoms with Crippen molar-refractivity contribution < 1.29 is 14.9 Å². The molecule has 1 atom stereocenters. The maximum absolute atomic E-state index is 9.16. The third-order valence-corrected chi connectivity index (χ3v) is 2.51. The van der Waals surface area contributed by atoms with E-state index in [0.29, 0.717) is 0 Å². The average Bonchev–Trinajstić information content (AvgIpc) is 2.21. The number of ether oxygens (including phenoxy) is 1. The molecule has 2 N–H and O–H groups in total. The zero-order valence-electron chi connectivity index (χ0n) is 10.3. The van der Waals surface area contributed by atoms with Crippen LogP contribution in [0.4, 0.5) is 0 Å². The molecule has 3 heteroatoms. The summed E-state index contributed by atoms with van der Waals surface area (Å²) in [5.41, 5.74) is -0.191. The minimum atomic E-state index is -0.750. The fraction of sp³-hybridized carbons (Fsp3) is 1.00. The van der Waals surface area contributed by atoms with Crippen LogP contribution in [0.15, 0.2) is 0 Å². The Balaban J connectivity index is 3.57. The average molecular weight is 218 g/mol. The van der Waals surface area contributed by atoms with Crippen molar-refractivity contribution in [3.63, 3.8) is 0 Å². The first kappa shape index (κ1) is 14.9. The van der Waals surface area contributed by atoms with Gasteiger partial charge in [-0.2, -0.15) is 0 Å². The van der Waals surface area contributed by atoms with Crippen molar-refractivity contribution >= 4 is 0 Å². The summed E-state index contributed by atoms with van der Waals surface area (Å²) >= 11 is 0. The smallest absolute Gasteiger partial charge is 0.100 e. The Kier molecular flexibility index (Phi) is 8.02.